The largest absolute Gasteiger partial charge is 0.368 e. The van der Waals surface area contributed by atoms with Gasteiger partial charge in [0.05, 0.1) is 11.4 Å². The topological polar surface area (TPSA) is 54.3 Å². The van der Waals surface area contributed by atoms with Gasteiger partial charge in [0.2, 0.25) is 0 Å². The molecule has 1 amide bonds. The van der Waals surface area contributed by atoms with Gasteiger partial charge < -0.3 is 9.80 Å². The Morgan fingerprint density at radius 2 is 1.45 bits per heavy atom. The van der Waals surface area contributed by atoms with Crippen LogP contribution in [-0.2, 0) is 0 Å². The Labute approximate surface area is 189 Å². The number of anilines is 1. The summed E-state index contributed by atoms with van der Waals surface area (Å²) in [5, 5.41) is 4.57. The average Bonchev–Trinajstić information content (AvgIpc) is 3.31. The average molecular weight is 445 g/mol. The molecule has 4 aromatic rings. The summed E-state index contributed by atoms with van der Waals surface area (Å²) in [7, 11) is 0. The summed E-state index contributed by atoms with van der Waals surface area (Å²) in [5.41, 5.74) is 3.39. The van der Waals surface area contributed by atoms with E-state index < -0.39 is 0 Å². The van der Waals surface area contributed by atoms with Gasteiger partial charge in [-0.3, -0.25) is 9.78 Å². The lowest BCUT2D eigenvalue weighted by Crippen LogP contribution is -2.48. The number of pyridine rings is 1. The summed E-state index contributed by atoms with van der Waals surface area (Å²) >= 11 is 0. The van der Waals surface area contributed by atoms with Gasteiger partial charge in [0.15, 0.2) is 5.69 Å². The smallest absolute Gasteiger partial charge is 0.274 e. The summed E-state index contributed by atoms with van der Waals surface area (Å²) in [5.74, 6) is -0.780. The molecular weight excluding hydrogens is 424 g/mol. The summed E-state index contributed by atoms with van der Waals surface area (Å²) in [6, 6.07) is 17.8. The Morgan fingerprint density at radius 1 is 0.818 bits per heavy atom. The summed E-state index contributed by atoms with van der Waals surface area (Å²) in [4.78, 5) is 21.3. The molecule has 0 saturated carbocycles. The molecule has 0 unspecified atom stereocenters. The molecule has 6 nitrogen and oxygen atoms in total. The van der Waals surface area contributed by atoms with Crippen LogP contribution in [0.2, 0.25) is 0 Å². The van der Waals surface area contributed by atoms with Crippen molar-refractivity contribution in [1.82, 2.24) is 19.7 Å². The Balaban J connectivity index is 1.39. The maximum absolute atomic E-state index is 13.5. The highest BCUT2D eigenvalue weighted by atomic mass is 19.1. The molecule has 166 valence electrons. The molecule has 33 heavy (non-hydrogen) atoms. The minimum atomic E-state index is -0.343. The molecule has 1 saturated heterocycles. The molecule has 1 fully saturated rings. The van der Waals surface area contributed by atoms with Crippen molar-refractivity contribution in [3.63, 3.8) is 0 Å². The van der Waals surface area contributed by atoms with Gasteiger partial charge in [-0.25, -0.2) is 13.5 Å². The first-order chi connectivity index (χ1) is 16.1. The minimum Gasteiger partial charge on any atom is -0.368 e. The first kappa shape index (κ1) is 20.8. The predicted molar refractivity (Wildman–Crippen MR) is 121 cm³/mol. The van der Waals surface area contributed by atoms with E-state index in [-0.39, 0.29) is 17.5 Å². The second-order valence-corrected chi connectivity index (χ2v) is 7.80. The molecule has 8 heteroatoms. The molecule has 0 bridgehead atoms. The molecule has 1 aliphatic heterocycles. The molecular formula is C25H21F2N5O. The number of rotatable bonds is 4. The number of piperazine rings is 1. The van der Waals surface area contributed by atoms with E-state index in [1.807, 2.05) is 12.1 Å². The zero-order valence-electron chi connectivity index (χ0n) is 17.7. The molecule has 2 aromatic carbocycles. The fourth-order valence-electron chi connectivity index (χ4n) is 3.97. The van der Waals surface area contributed by atoms with E-state index in [2.05, 4.69) is 15.0 Å². The van der Waals surface area contributed by atoms with E-state index in [1.165, 1.54) is 24.3 Å². The lowest BCUT2D eigenvalue weighted by Gasteiger charge is -2.35. The number of hydrogen-bond acceptors (Lipinski definition) is 4. The Morgan fingerprint density at radius 3 is 2.06 bits per heavy atom. The van der Waals surface area contributed by atoms with Crippen LogP contribution in [0.4, 0.5) is 14.5 Å². The maximum Gasteiger partial charge on any atom is 0.274 e. The second kappa shape index (κ2) is 8.82. The fourth-order valence-corrected chi connectivity index (χ4v) is 3.97. The van der Waals surface area contributed by atoms with Gasteiger partial charge in [0.25, 0.3) is 5.91 Å². The van der Waals surface area contributed by atoms with Gasteiger partial charge in [0, 0.05) is 49.8 Å². The van der Waals surface area contributed by atoms with Crippen LogP contribution in [0.15, 0.2) is 79.1 Å². The van der Waals surface area contributed by atoms with Crippen LogP contribution in [0.5, 0.6) is 0 Å². The van der Waals surface area contributed by atoms with Gasteiger partial charge in [-0.2, -0.15) is 5.10 Å². The highest BCUT2D eigenvalue weighted by Crippen LogP contribution is 2.25. The third kappa shape index (κ3) is 4.32. The van der Waals surface area contributed by atoms with Gasteiger partial charge in [-0.15, -0.1) is 0 Å². The van der Waals surface area contributed by atoms with E-state index >= 15 is 0 Å². The third-order valence-electron chi connectivity index (χ3n) is 5.72. The Hall–Kier alpha value is -4.07. The fraction of sp³-hybridized carbons (Fsp3) is 0.160. The van der Waals surface area contributed by atoms with E-state index in [0.717, 1.165) is 11.3 Å². The quantitative estimate of drug-likeness (QED) is 0.473. The molecule has 0 N–H and O–H groups in total. The van der Waals surface area contributed by atoms with Crippen molar-refractivity contribution in [3.8, 4) is 16.9 Å². The van der Waals surface area contributed by atoms with Crippen molar-refractivity contribution in [2.24, 2.45) is 0 Å². The second-order valence-electron chi connectivity index (χ2n) is 7.80. The van der Waals surface area contributed by atoms with Crippen molar-refractivity contribution in [2.75, 3.05) is 31.1 Å². The molecule has 1 aliphatic rings. The number of nitrogens with zero attached hydrogens (tertiary/aromatic N) is 5. The first-order valence-corrected chi connectivity index (χ1v) is 10.6. The molecule has 2 aromatic heterocycles. The van der Waals surface area contributed by atoms with Crippen LogP contribution < -0.4 is 4.90 Å². The zero-order valence-corrected chi connectivity index (χ0v) is 17.7. The lowest BCUT2D eigenvalue weighted by atomic mass is 10.2. The van der Waals surface area contributed by atoms with Gasteiger partial charge in [-0.1, -0.05) is 0 Å². The van der Waals surface area contributed by atoms with Crippen molar-refractivity contribution >= 4 is 11.6 Å². The number of amides is 1. The number of halogens is 2. The minimum absolute atomic E-state index is 0.167. The van der Waals surface area contributed by atoms with E-state index in [9.17, 15) is 13.6 Å². The molecule has 0 aliphatic carbocycles. The van der Waals surface area contributed by atoms with Gasteiger partial charge in [-0.05, 0) is 66.7 Å². The molecule has 0 radical (unpaired) electrons. The van der Waals surface area contributed by atoms with Crippen molar-refractivity contribution in [2.45, 2.75) is 0 Å². The van der Waals surface area contributed by atoms with Crippen LogP contribution in [0.1, 0.15) is 10.5 Å². The van der Waals surface area contributed by atoms with Crippen LogP contribution in [-0.4, -0.2) is 51.8 Å². The molecule has 0 atom stereocenters. The standard InChI is InChI=1S/C25H21F2N5O/c26-19-3-7-21(8-4-19)30-12-14-31(15-13-30)25(33)23-16-24(18-2-1-11-28-17-18)32(29-23)22-9-5-20(27)6-10-22/h1-11,16-17H,12-15H2. The van der Waals surface area contributed by atoms with Crippen molar-refractivity contribution in [3.05, 3.63) is 96.5 Å². The summed E-state index contributed by atoms with van der Waals surface area (Å²) in [6.45, 7) is 2.35. The maximum atomic E-state index is 13.5. The normalized spacial score (nSPS) is 13.9. The number of carbonyl (C=O) groups is 1. The number of aromatic nitrogens is 3. The molecule has 0 spiro atoms. The SMILES string of the molecule is O=C(c1cc(-c2cccnc2)n(-c2ccc(F)cc2)n1)N1CCN(c2ccc(F)cc2)CC1. The Bertz CT molecular complexity index is 1250. The van der Waals surface area contributed by atoms with E-state index in [4.69, 9.17) is 0 Å². The summed E-state index contributed by atoms with van der Waals surface area (Å²) < 4.78 is 28.3. The number of carbonyl (C=O) groups excluding carboxylic acids is 1. The van der Waals surface area contributed by atoms with Crippen LogP contribution >= 0.6 is 0 Å². The third-order valence-corrected chi connectivity index (χ3v) is 5.72. The van der Waals surface area contributed by atoms with Crippen LogP contribution in [0.3, 0.4) is 0 Å². The van der Waals surface area contributed by atoms with Crippen molar-refractivity contribution < 1.29 is 13.6 Å². The van der Waals surface area contributed by atoms with Crippen LogP contribution in [0, 0.1) is 11.6 Å². The summed E-state index contributed by atoms with van der Waals surface area (Å²) in [6.07, 6.45) is 3.38. The molecule has 3 heterocycles. The van der Waals surface area contributed by atoms with E-state index in [1.54, 1.807) is 52.3 Å². The highest BCUT2D eigenvalue weighted by Gasteiger charge is 2.25. The monoisotopic (exact) mass is 445 g/mol. The van der Waals surface area contributed by atoms with Gasteiger partial charge >= 0.3 is 0 Å². The first-order valence-electron chi connectivity index (χ1n) is 10.6. The van der Waals surface area contributed by atoms with E-state index in [0.29, 0.717) is 43.3 Å². The highest BCUT2D eigenvalue weighted by molar-refractivity contribution is 5.94. The van der Waals surface area contributed by atoms with Gasteiger partial charge in [0.1, 0.15) is 11.6 Å². The number of hydrogen-bond donors (Lipinski definition) is 0. The number of benzene rings is 2. The van der Waals surface area contributed by atoms with Crippen molar-refractivity contribution in [1.29, 1.82) is 0 Å². The lowest BCUT2D eigenvalue weighted by molar-refractivity contribution is 0.0740. The van der Waals surface area contributed by atoms with Crippen LogP contribution in [0.25, 0.3) is 16.9 Å². The Kier molecular flexibility index (Phi) is 5.56. The predicted octanol–water partition coefficient (Wildman–Crippen LogP) is 4.17. The molecule has 5 rings (SSSR count). The zero-order chi connectivity index (χ0) is 22.8.